The third-order valence-corrected chi connectivity index (χ3v) is 0.951. The summed E-state index contributed by atoms with van der Waals surface area (Å²) in [7, 11) is 0. The molecule has 0 radical (unpaired) electrons. The van der Waals surface area contributed by atoms with Crippen LogP contribution in [0.2, 0.25) is 0 Å². The number of nitrogens with zero attached hydrogens (tertiary/aromatic N) is 1. The Hall–Kier alpha value is -1.57. The van der Waals surface area contributed by atoms with Crippen LogP contribution in [0.1, 0.15) is 13.8 Å². The standard InChI is InChI=1S/C7H10N2O3/c1-5(2)12-7(11)6(3-8)9-4-10/h4-6H,1-2H3,(H,9,10)/t6-/m1/s1. The van der Waals surface area contributed by atoms with E-state index in [9.17, 15) is 9.59 Å². The molecule has 0 bridgehead atoms. The second-order valence-electron chi connectivity index (χ2n) is 2.33. The van der Waals surface area contributed by atoms with Crippen LogP contribution >= 0.6 is 0 Å². The van der Waals surface area contributed by atoms with Crippen LogP contribution in [0.3, 0.4) is 0 Å². The van der Waals surface area contributed by atoms with Crippen molar-refractivity contribution in [3.63, 3.8) is 0 Å². The molecule has 1 N–H and O–H groups in total. The van der Waals surface area contributed by atoms with Gasteiger partial charge in [0.1, 0.15) is 0 Å². The van der Waals surface area contributed by atoms with E-state index in [0.717, 1.165) is 0 Å². The molecule has 1 amide bonds. The fraction of sp³-hybridized carbons (Fsp3) is 0.571. The molecule has 0 heterocycles. The first kappa shape index (κ1) is 10.4. The Morgan fingerprint density at radius 2 is 2.25 bits per heavy atom. The highest BCUT2D eigenvalue weighted by Gasteiger charge is 2.18. The minimum Gasteiger partial charge on any atom is -0.461 e. The molecule has 0 unspecified atom stereocenters. The van der Waals surface area contributed by atoms with Crippen molar-refractivity contribution in [1.82, 2.24) is 5.32 Å². The first-order chi connectivity index (χ1) is 5.61. The zero-order valence-corrected chi connectivity index (χ0v) is 6.90. The molecule has 0 saturated carbocycles. The Morgan fingerprint density at radius 1 is 1.67 bits per heavy atom. The highest BCUT2D eigenvalue weighted by molar-refractivity contribution is 5.81. The Labute approximate surface area is 70.3 Å². The minimum atomic E-state index is -1.20. The van der Waals surface area contributed by atoms with Crippen molar-refractivity contribution in [2.24, 2.45) is 0 Å². The summed E-state index contributed by atoms with van der Waals surface area (Å²) in [6.45, 7) is 3.32. The van der Waals surface area contributed by atoms with E-state index in [4.69, 9.17) is 5.26 Å². The summed E-state index contributed by atoms with van der Waals surface area (Å²) in [5.41, 5.74) is 0. The quantitative estimate of drug-likeness (QED) is 0.459. The van der Waals surface area contributed by atoms with Gasteiger partial charge in [-0.05, 0) is 13.8 Å². The number of carbonyl (C=O) groups is 2. The number of amides is 1. The predicted molar refractivity (Wildman–Crippen MR) is 39.8 cm³/mol. The van der Waals surface area contributed by atoms with Crippen molar-refractivity contribution in [2.45, 2.75) is 26.0 Å². The molecule has 0 aliphatic rings. The number of esters is 1. The molecular formula is C7H10N2O3. The summed E-state index contributed by atoms with van der Waals surface area (Å²) in [6.07, 6.45) is -0.00282. The number of nitrogens with one attached hydrogen (secondary N) is 1. The van der Waals surface area contributed by atoms with Gasteiger partial charge in [-0.25, -0.2) is 4.79 Å². The number of nitriles is 1. The molecular weight excluding hydrogens is 160 g/mol. The maximum Gasteiger partial charge on any atom is 0.343 e. The zero-order chi connectivity index (χ0) is 9.56. The summed E-state index contributed by atoms with van der Waals surface area (Å²) >= 11 is 0. The summed E-state index contributed by atoms with van der Waals surface area (Å²) in [6, 6.07) is 0.387. The van der Waals surface area contributed by atoms with Gasteiger partial charge >= 0.3 is 5.97 Å². The number of ether oxygens (including phenoxy) is 1. The molecule has 1 atom stereocenters. The van der Waals surface area contributed by atoms with E-state index in [0.29, 0.717) is 0 Å². The lowest BCUT2D eigenvalue weighted by Gasteiger charge is -2.10. The SMILES string of the molecule is CC(C)OC(=O)[C@@H](C#N)NC=O. The van der Waals surface area contributed by atoms with Gasteiger partial charge in [-0.1, -0.05) is 0 Å². The molecule has 0 aromatic carbocycles. The molecule has 5 heteroatoms. The van der Waals surface area contributed by atoms with E-state index in [2.05, 4.69) is 4.74 Å². The van der Waals surface area contributed by atoms with Crippen LogP contribution in [0.5, 0.6) is 0 Å². The third kappa shape index (κ3) is 3.56. The van der Waals surface area contributed by atoms with E-state index < -0.39 is 12.0 Å². The van der Waals surface area contributed by atoms with Gasteiger partial charge in [0.05, 0.1) is 12.2 Å². The molecule has 0 aromatic rings. The predicted octanol–water partition coefficient (Wildman–Crippen LogP) is -0.424. The second-order valence-corrected chi connectivity index (χ2v) is 2.33. The Bertz CT molecular complexity index is 207. The van der Waals surface area contributed by atoms with Crippen molar-refractivity contribution >= 4 is 12.4 Å². The lowest BCUT2D eigenvalue weighted by atomic mass is 10.3. The highest BCUT2D eigenvalue weighted by Crippen LogP contribution is 1.92. The molecule has 5 nitrogen and oxygen atoms in total. The zero-order valence-electron chi connectivity index (χ0n) is 6.90. The average Bonchev–Trinajstić information content (AvgIpc) is 1.98. The van der Waals surface area contributed by atoms with Crippen LogP contribution in [0.4, 0.5) is 0 Å². The fourth-order valence-corrected chi connectivity index (χ4v) is 0.526. The number of hydrogen-bond acceptors (Lipinski definition) is 4. The van der Waals surface area contributed by atoms with Crippen molar-refractivity contribution in [3.05, 3.63) is 0 Å². The van der Waals surface area contributed by atoms with Gasteiger partial charge in [0.2, 0.25) is 12.5 Å². The molecule has 0 saturated heterocycles. The summed E-state index contributed by atoms with van der Waals surface area (Å²) in [5, 5.41) is 10.4. The Kier molecular flexibility index (Phi) is 4.46. The third-order valence-electron chi connectivity index (χ3n) is 0.951. The van der Waals surface area contributed by atoms with Gasteiger partial charge in [0.25, 0.3) is 0 Å². The van der Waals surface area contributed by atoms with Gasteiger partial charge in [0, 0.05) is 0 Å². The highest BCUT2D eigenvalue weighted by atomic mass is 16.5. The number of hydrogen-bond donors (Lipinski definition) is 1. The average molecular weight is 170 g/mol. The fourth-order valence-electron chi connectivity index (χ4n) is 0.526. The lowest BCUT2D eigenvalue weighted by molar-refractivity contribution is -0.149. The van der Waals surface area contributed by atoms with Crippen LogP contribution in [-0.4, -0.2) is 24.5 Å². The van der Waals surface area contributed by atoms with Crippen LogP contribution in [0.25, 0.3) is 0 Å². The maximum absolute atomic E-state index is 10.9. The molecule has 0 aliphatic heterocycles. The molecule has 0 rings (SSSR count). The van der Waals surface area contributed by atoms with Gasteiger partial charge in [-0.15, -0.1) is 0 Å². The van der Waals surface area contributed by atoms with Crippen LogP contribution in [-0.2, 0) is 14.3 Å². The van der Waals surface area contributed by atoms with Crippen molar-refractivity contribution in [2.75, 3.05) is 0 Å². The molecule has 12 heavy (non-hydrogen) atoms. The van der Waals surface area contributed by atoms with E-state index in [1.54, 1.807) is 19.9 Å². The van der Waals surface area contributed by atoms with Crippen molar-refractivity contribution < 1.29 is 14.3 Å². The summed E-state index contributed by atoms with van der Waals surface area (Å²) in [4.78, 5) is 20.8. The normalized spacial score (nSPS) is 11.5. The smallest absolute Gasteiger partial charge is 0.343 e. The van der Waals surface area contributed by atoms with Crippen LogP contribution in [0, 0.1) is 11.3 Å². The first-order valence-electron chi connectivity index (χ1n) is 3.41. The molecule has 0 aliphatic carbocycles. The Morgan fingerprint density at radius 3 is 2.58 bits per heavy atom. The van der Waals surface area contributed by atoms with E-state index >= 15 is 0 Å². The van der Waals surface area contributed by atoms with Gasteiger partial charge in [-0.3, -0.25) is 4.79 Å². The largest absolute Gasteiger partial charge is 0.461 e. The van der Waals surface area contributed by atoms with E-state index in [1.807, 2.05) is 5.32 Å². The van der Waals surface area contributed by atoms with Gasteiger partial charge < -0.3 is 10.1 Å². The molecule has 0 fully saturated rings. The second kappa shape index (κ2) is 5.13. The maximum atomic E-state index is 10.9. The van der Waals surface area contributed by atoms with Gasteiger partial charge in [-0.2, -0.15) is 5.26 Å². The summed E-state index contributed by atoms with van der Waals surface area (Å²) in [5.74, 6) is -0.736. The molecule has 0 spiro atoms. The molecule has 66 valence electrons. The molecule has 0 aromatic heterocycles. The van der Waals surface area contributed by atoms with Crippen molar-refractivity contribution in [1.29, 1.82) is 5.26 Å². The van der Waals surface area contributed by atoms with Crippen LogP contribution in [0.15, 0.2) is 0 Å². The Balaban J connectivity index is 4.05. The van der Waals surface area contributed by atoms with Gasteiger partial charge in [0.15, 0.2) is 0 Å². The first-order valence-corrected chi connectivity index (χ1v) is 3.41. The lowest BCUT2D eigenvalue weighted by Crippen LogP contribution is -2.36. The van der Waals surface area contributed by atoms with E-state index in [1.165, 1.54) is 0 Å². The number of carbonyl (C=O) groups excluding carboxylic acids is 2. The van der Waals surface area contributed by atoms with Crippen molar-refractivity contribution in [3.8, 4) is 6.07 Å². The van der Waals surface area contributed by atoms with E-state index in [-0.39, 0.29) is 12.5 Å². The minimum absolute atomic E-state index is 0.287. The topological polar surface area (TPSA) is 79.2 Å². The van der Waals surface area contributed by atoms with Crippen LogP contribution < -0.4 is 5.32 Å². The summed E-state index contributed by atoms with van der Waals surface area (Å²) < 4.78 is 4.67. The number of rotatable bonds is 4. The monoisotopic (exact) mass is 170 g/mol.